The Morgan fingerprint density at radius 3 is 2.71 bits per heavy atom. The molecule has 0 radical (unpaired) electrons. The fourth-order valence-corrected chi connectivity index (χ4v) is 3.52. The van der Waals surface area contributed by atoms with Gasteiger partial charge in [-0.1, -0.05) is 6.07 Å². The maximum atomic E-state index is 14.0. The summed E-state index contributed by atoms with van der Waals surface area (Å²) in [5, 5.41) is 8.30. The molecule has 3 N–H and O–H groups in total. The summed E-state index contributed by atoms with van der Waals surface area (Å²) in [6.07, 6.45) is 0. The maximum Gasteiger partial charge on any atom is 0.319 e. The molecule has 31 heavy (non-hydrogen) atoms. The first kappa shape index (κ1) is 22.8. The summed E-state index contributed by atoms with van der Waals surface area (Å²) in [7, 11) is 1.48. The number of rotatable bonds is 8. The standard InChI is InChI=1S/C23H31FN4O3/c1-4-31-22-8-5-17(13-18(22)15-28-9-11-30-12-10-28)16(2)26-19-6-7-20(24)21(14-19)27-23(29)25-3/h5-8,13-14,16,26H,4,9-12,15H2,1-3H3,(H2,25,27,29). The van der Waals surface area contributed by atoms with Gasteiger partial charge in [-0.25, -0.2) is 9.18 Å². The number of urea groups is 1. The quantitative estimate of drug-likeness (QED) is 0.591. The zero-order chi connectivity index (χ0) is 22.2. The smallest absolute Gasteiger partial charge is 0.319 e. The molecule has 1 aliphatic rings. The highest BCUT2D eigenvalue weighted by Crippen LogP contribution is 2.28. The molecular weight excluding hydrogens is 399 g/mol. The van der Waals surface area contributed by atoms with Crippen molar-refractivity contribution in [3.63, 3.8) is 0 Å². The lowest BCUT2D eigenvalue weighted by atomic mass is 10.0. The van der Waals surface area contributed by atoms with Crippen LogP contribution in [0.2, 0.25) is 0 Å². The summed E-state index contributed by atoms with van der Waals surface area (Å²) in [5.41, 5.74) is 3.06. The van der Waals surface area contributed by atoms with Gasteiger partial charge in [-0.3, -0.25) is 4.90 Å². The lowest BCUT2D eigenvalue weighted by molar-refractivity contribution is 0.0338. The molecule has 1 atom stereocenters. The average Bonchev–Trinajstić information content (AvgIpc) is 2.78. The molecular formula is C23H31FN4O3. The molecule has 8 heteroatoms. The van der Waals surface area contributed by atoms with Crippen LogP contribution in [0.3, 0.4) is 0 Å². The van der Waals surface area contributed by atoms with Crippen LogP contribution in [0.15, 0.2) is 36.4 Å². The van der Waals surface area contributed by atoms with E-state index in [-0.39, 0.29) is 11.7 Å². The zero-order valence-corrected chi connectivity index (χ0v) is 18.3. The number of carbonyl (C=O) groups excluding carboxylic acids is 1. The second kappa shape index (κ2) is 11.0. The first-order chi connectivity index (χ1) is 15.0. The van der Waals surface area contributed by atoms with Crippen molar-refractivity contribution in [3.8, 4) is 5.75 Å². The molecule has 7 nitrogen and oxygen atoms in total. The van der Waals surface area contributed by atoms with Crippen molar-refractivity contribution in [3.05, 3.63) is 53.3 Å². The number of morpholine rings is 1. The molecule has 0 spiro atoms. The summed E-state index contributed by atoms with van der Waals surface area (Å²) < 4.78 is 25.3. The van der Waals surface area contributed by atoms with Gasteiger partial charge in [-0.2, -0.15) is 0 Å². The molecule has 2 aromatic rings. The van der Waals surface area contributed by atoms with Gasteiger partial charge in [0.2, 0.25) is 0 Å². The van der Waals surface area contributed by atoms with Crippen molar-refractivity contribution in [1.82, 2.24) is 10.2 Å². The molecule has 0 bridgehead atoms. The SMILES string of the molecule is CCOc1ccc(C(C)Nc2ccc(F)c(NC(=O)NC)c2)cc1CN1CCOCC1. The molecule has 1 fully saturated rings. The fraction of sp³-hybridized carbons (Fsp3) is 0.435. The Morgan fingerprint density at radius 2 is 2.00 bits per heavy atom. The highest BCUT2D eigenvalue weighted by atomic mass is 19.1. The van der Waals surface area contributed by atoms with Crippen LogP contribution in [0.25, 0.3) is 0 Å². The molecule has 1 heterocycles. The molecule has 1 saturated heterocycles. The van der Waals surface area contributed by atoms with E-state index in [9.17, 15) is 9.18 Å². The molecule has 0 aromatic heterocycles. The second-order valence-corrected chi connectivity index (χ2v) is 7.45. The van der Waals surface area contributed by atoms with Gasteiger partial charge in [0.1, 0.15) is 11.6 Å². The molecule has 1 unspecified atom stereocenters. The van der Waals surface area contributed by atoms with Crippen LogP contribution in [-0.4, -0.2) is 50.9 Å². The van der Waals surface area contributed by atoms with E-state index in [1.165, 1.54) is 13.1 Å². The van der Waals surface area contributed by atoms with E-state index < -0.39 is 11.8 Å². The van der Waals surface area contributed by atoms with Crippen molar-refractivity contribution < 1.29 is 18.7 Å². The van der Waals surface area contributed by atoms with Gasteiger partial charge in [0.25, 0.3) is 0 Å². The van der Waals surface area contributed by atoms with E-state index in [4.69, 9.17) is 9.47 Å². The molecule has 2 aromatic carbocycles. The van der Waals surface area contributed by atoms with Gasteiger partial charge in [-0.15, -0.1) is 0 Å². The van der Waals surface area contributed by atoms with Crippen molar-refractivity contribution in [1.29, 1.82) is 0 Å². The predicted octanol–water partition coefficient (Wildman–Crippen LogP) is 3.98. The average molecular weight is 431 g/mol. The fourth-order valence-electron chi connectivity index (χ4n) is 3.52. The van der Waals surface area contributed by atoms with Crippen LogP contribution < -0.4 is 20.7 Å². The number of carbonyl (C=O) groups is 1. The van der Waals surface area contributed by atoms with Crippen LogP contribution >= 0.6 is 0 Å². The number of nitrogens with zero attached hydrogens (tertiary/aromatic N) is 1. The number of hydrogen-bond acceptors (Lipinski definition) is 5. The highest BCUT2D eigenvalue weighted by molar-refractivity contribution is 5.89. The third kappa shape index (κ3) is 6.32. The van der Waals surface area contributed by atoms with E-state index in [0.29, 0.717) is 12.3 Å². The van der Waals surface area contributed by atoms with Gasteiger partial charge < -0.3 is 25.4 Å². The lowest BCUT2D eigenvalue weighted by Gasteiger charge is -2.28. The Balaban J connectivity index is 1.76. The number of benzene rings is 2. The predicted molar refractivity (Wildman–Crippen MR) is 120 cm³/mol. The number of amides is 2. The van der Waals surface area contributed by atoms with Crippen molar-refractivity contribution in [2.45, 2.75) is 26.4 Å². The monoisotopic (exact) mass is 430 g/mol. The maximum absolute atomic E-state index is 14.0. The highest BCUT2D eigenvalue weighted by Gasteiger charge is 2.16. The summed E-state index contributed by atoms with van der Waals surface area (Å²) in [6, 6.07) is 10.3. The van der Waals surface area contributed by atoms with Gasteiger partial charge in [0.05, 0.1) is 25.5 Å². The summed E-state index contributed by atoms with van der Waals surface area (Å²) in [4.78, 5) is 13.9. The van der Waals surface area contributed by atoms with Crippen molar-refractivity contribution in [2.75, 3.05) is 50.6 Å². The third-order valence-electron chi connectivity index (χ3n) is 5.21. The van der Waals surface area contributed by atoms with Gasteiger partial charge in [0, 0.05) is 44.0 Å². The normalized spacial score (nSPS) is 15.2. The molecule has 168 valence electrons. The van der Waals surface area contributed by atoms with Crippen LogP contribution in [0, 0.1) is 5.82 Å². The zero-order valence-electron chi connectivity index (χ0n) is 18.3. The van der Waals surface area contributed by atoms with Crippen LogP contribution in [-0.2, 0) is 11.3 Å². The third-order valence-corrected chi connectivity index (χ3v) is 5.21. The Hall–Kier alpha value is -2.84. The minimum atomic E-state index is -0.490. The van der Waals surface area contributed by atoms with Crippen molar-refractivity contribution >= 4 is 17.4 Å². The van der Waals surface area contributed by atoms with Crippen LogP contribution in [0.5, 0.6) is 5.75 Å². The topological polar surface area (TPSA) is 74.9 Å². The number of anilines is 2. The molecule has 0 aliphatic carbocycles. The van der Waals surface area contributed by atoms with Gasteiger partial charge >= 0.3 is 6.03 Å². The summed E-state index contributed by atoms with van der Waals surface area (Å²) in [6.45, 7) is 8.74. The van der Waals surface area contributed by atoms with Crippen LogP contribution in [0.4, 0.5) is 20.6 Å². The largest absolute Gasteiger partial charge is 0.494 e. The van der Waals surface area contributed by atoms with Crippen LogP contribution in [0.1, 0.15) is 31.0 Å². The Kier molecular flexibility index (Phi) is 8.08. The Bertz CT molecular complexity index is 887. The molecule has 2 amide bonds. The Morgan fingerprint density at radius 1 is 1.23 bits per heavy atom. The lowest BCUT2D eigenvalue weighted by Crippen LogP contribution is -2.35. The first-order valence-corrected chi connectivity index (χ1v) is 10.6. The Labute approximate surface area is 182 Å². The number of nitrogens with one attached hydrogen (secondary N) is 3. The molecule has 3 rings (SSSR count). The van der Waals surface area contributed by atoms with E-state index in [2.05, 4.69) is 26.9 Å². The minimum Gasteiger partial charge on any atom is -0.494 e. The molecule has 1 aliphatic heterocycles. The molecule has 0 saturated carbocycles. The van der Waals surface area contributed by atoms with E-state index in [1.807, 2.05) is 26.0 Å². The van der Waals surface area contributed by atoms with E-state index in [0.717, 1.165) is 49.7 Å². The second-order valence-electron chi connectivity index (χ2n) is 7.45. The van der Waals surface area contributed by atoms with Gasteiger partial charge in [-0.05, 0) is 49.7 Å². The van der Waals surface area contributed by atoms with E-state index >= 15 is 0 Å². The van der Waals surface area contributed by atoms with E-state index in [1.54, 1.807) is 12.1 Å². The first-order valence-electron chi connectivity index (χ1n) is 10.6. The minimum absolute atomic E-state index is 0.0302. The number of ether oxygens (including phenoxy) is 2. The summed E-state index contributed by atoms with van der Waals surface area (Å²) in [5.74, 6) is 0.402. The number of halogens is 1. The number of hydrogen-bond donors (Lipinski definition) is 3. The van der Waals surface area contributed by atoms with Crippen molar-refractivity contribution in [2.24, 2.45) is 0 Å². The van der Waals surface area contributed by atoms with Gasteiger partial charge in [0.15, 0.2) is 0 Å². The summed E-state index contributed by atoms with van der Waals surface area (Å²) >= 11 is 0.